The Bertz CT molecular complexity index is 805. The highest BCUT2D eigenvalue weighted by molar-refractivity contribution is 14.1. The molecule has 0 aliphatic carbocycles. The monoisotopic (exact) mass is 418 g/mol. The molecule has 2 N–H and O–H groups in total. The summed E-state index contributed by atoms with van der Waals surface area (Å²) in [6.45, 7) is 0. The number of hydrogen-bond acceptors (Lipinski definition) is 6. The zero-order chi connectivity index (χ0) is 14.3. The number of nitrogens with zero attached hydrogens (tertiary/aromatic N) is 5. The van der Waals surface area contributed by atoms with Crippen molar-refractivity contribution in [2.45, 2.75) is 5.16 Å². The van der Waals surface area contributed by atoms with Crippen molar-refractivity contribution in [3.05, 3.63) is 26.8 Å². The summed E-state index contributed by atoms with van der Waals surface area (Å²) in [6.07, 6.45) is 1.88. The molecule has 3 rings (SSSR count). The first-order chi connectivity index (χ1) is 9.58. The lowest BCUT2D eigenvalue weighted by atomic mass is 10.2. The molecular formula is C11H8ClIN6S. The maximum atomic E-state index is 6.02. The maximum Gasteiger partial charge on any atom is 0.258 e. The molecular weight excluding hydrogens is 411 g/mol. The number of benzene rings is 1. The number of rotatable bonds is 2. The van der Waals surface area contributed by atoms with Gasteiger partial charge in [0.15, 0.2) is 11.0 Å². The second kappa shape index (κ2) is 5.34. The lowest BCUT2D eigenvalue weighted by molar-refractivity contribution is 0.851. The van der Waals surface area contributed by atoms with E-state index in [0.29, 0.717) is 21.8 Å². The fourth-order valence-corrected chi connectivity index (χ4v) is 2.77. The molecule has 102 valence electrons. The molecule has 0 saturated heterocycles. The highest BCUT2D eigenvalue weighted by Crippen LogP contribution is 2.26. The summed E-state index contributed by atoms with van der Waals surface area (Å²) in [5, 5.41) is 5.54. The SMILES string of the molecule is CSc1nc(N)n2nc(-c3cc(Cl)ccc3I)nc2n1. The van der Waals surface area contributed by atoms with Crippen LogP contribution in [0.4, 0.5) is 5.95 Å². The maximum absolute atomic E-state index is 6.02. The van der Waals surface area contributed by atoms with E-state index >= 15 is 0 Å². The molecule has 2 heterocycles. The number of hydrogen-bond donors (Lipinski definition) is 1. The van der Waals surface area contributed by atoms with E-state index in [1.807, 2.05) is 24.5 Å². The van der Waals surface area contributed by atoms with Crippen molar-refractivity contribution in [3.63, 3.8) is 0 Å². The summed E-state index contributed by atoms with van der Waals surface area (Å²) >= 11 is 9.63. The van der Waals surface area contributed by atoms with E-state index in [1.54, 1.807) is 0 Å². The Kier molecular flexibility index (Phi) is 3.69. The first-order valence-corrected chi connectivity index (χ1v) is 8.16. The van der Waals surface area contributed by atoms with Crippen molar-refractivity contribution < 1.29 is 0 Å². The minimum atomic E-state index is 0.259. The molecule has 0 fully saturated rings. The molecule has 3 aromatic rings. The Hall–Kier alpha value is -1.13. The molecule has 0 bridgehead atoms. The Morgan fingerprint density at radius 2 is 2.10 bits per heavy atom. The van der Waals surface area contributed by atoms with Gasteiger partial charge in [-0.25, -0.2) is 0 Å². The number of nitrogens with two attached hydrogens (primary N) is 1. The molecule has 6 nitrogen and oxygen atoms in total. The van der Waals surface area contributed by atoms with Gasteiger partial charge in [-0.2, -0.15) is 19.5 Å². The molecule has 0 spiro atoms. The highest BCUT2D eigenvalue weighted by atomic mass is 127. The number of halogens is 2. The molecule has 0 saturated carbocycles. The molecule has 0 unspecified atom stereocenters. The Balaban J connectivity index is 2.22. The fourth-order valence-electron chi connectivity index (χ4n) is 1.66. The van der Waals surface area contributed by atoms with Gasteiger partial charge < -0.3 is 5.73 Å². The average Bonchev–Trinajstić information content (AvgIpc) is 2.85. The number of anilines is 1. The first-order valence-electron chi connectivity index (χ1n) is 5.48. The van der Waals surface area contributed by atoms with E-state index in [9.17, 15) is 0 Å². The van der Waals surface area contributed by atoms with Gasteiger partial charge in [0.2, 0.25) is 5.95 Å². The van der Waals surface area contributed by atoms with Gasteiger partial charge in [-0.05, 0) is 47.0 Å². The zero-order valence-corrected chi connectivity index (χ0v) is 13.9. The van der Waals surface area contributed by atoms with Gasteiger partial charge in [-0.1, -0.05) is 23.4 Å². The third-order valence-corrected chi connectivity index (χ3v) is 4.29. The van der Waals surface area contributed by atoms with E-state index in [-0.39, 0.29) is 5.95 Å². The molecule has 1 aromatic carbocycles. The van der Waals surface area contributed by atoms with Crippen LogP contribution in [0.1, 0.15) is 0 Å². The Morgan fingerprint density at radius 3 is 2.85 bits per heavy atom. The van der Waals surface area contributed by atoms with Crippen LogP contribution in [0, 0.1) is 3.57 Å². The molecule has 0 amide bonds. The van der Waals surface area contributed by atoms with Gasteiger partial charge >= 0.3 is 0 Å². The van der Waals surface area contributed by atoms with Gasteiger partial charge in [-0.15, -0.1) is 5.10 Å². The van der Waals surface area contributed by atoms with Crippen molar-refractivity contribution >= 4 is 57.7 Å². The van der Waals surface area contributed by atoms with Crippen molar-refractivity contribution in [1.29, 1.82) is 0 Å². The summed E-state index contributed by atoms with van der Waals surface area (Å²) < 4.78 is 2.42. The molecule has 0 radical (unpaired) electrons. The van der Waals surface area contributed by atoms with Gasteiger partial charge in [-0.3, -0.25) is 0 Å². The minimum Gasteiger partial charge on any atom is -0.368 e. The standard InChI is InChI=1S/C11H8ClIN6S/c1-20-11-16-9(14)19-10(17-11)15-8(18-19)6-4-5(12)2-3-7(6)13/h2-4H,1H3,(H2,14,15,16,17,18). The minimum absolute atomic E-state index is 0.259. The smallest absolute Gasteiger partial charge is 0.258 e. The molecule has 0 aliphatic heterocycles. The lowest BCUT2D eigenvalue weighted by Crippen LogP contribution is -2.04. The van der Waals surface area contributed by atoms with Gasteiger partial charge in [0.05, 0.1) is 0 Å². The number of thioether (sulfide) groups is 1. The summed E-state index contributed by atoms with van der Waals surface area (Å²) in [6, 6.07) is 5.55. The Morgan fingerprint density at radius 1 is 1.30 bits per heavy atom. The largest absolute Gasteiger partial charge is 0.368 e. The van der Waals surface area contributed by atoms with Gasteiger partial charge in [0.1, 0.15) is 0 Å². The average molecular weight is 419 g/mol. The quantitative estimate of drug-likeness (QED) is 0.509. The predicted octanol–water partition coefficient (Wildman–Crippen LogP) is 2.75. The fraction of sp³-hybridized carbons (Fsp3) is 0.0909. The summed E-state index contributed by atoms with van der Waals surface area (Å²) in [4.78, 5) is 12.8. The van der Waals surface area contributed by atoms with Crippen LogP contribution >= 0.6 is 46.0 Å². The highest BCUT2D eigenvalue weighted by Gasteiger charge is 2.14. The van der Waals surface area contributed by atoms with Crippen LogP contribution < -0.4 is 5.73 Å². The van der Waals surface area contributed by atoms with Gasteiger partial charge in [0.25, 0.3) is 5.78 Å². The number of fused-ring (bicyclic) bond motifs is 1. The third-order valence-electron chi connectivity index (χ3n) is 2.56. The second-order valence-electron chi connectivity index (χ2n) is 3.84. The lowest BCUT2D eigenvalue weighted by Gasteiger charge is -1.99. The van der Waals surface area contributed by atoms with Crippen LogP contribution in [0.15, 0.2) is 23.4 Å². The van der Waals surface area contributed by atoms with Crippen LogP contribution in [0.5, 0.6) is 0 Å². The van der Waals surface area contributed by atoms with Crippen LogP contribution in [-0.2, 0) is 0 Å². The van der Waals surface area contributed by atoms with Crippen LogP contribution in [0.25, 0.3) is 17.2 Å². The predicted molar refractivity (Wildman–Crippen MR) is 87.9 cm³/mol. The van der Waals surface area contributed by atoms with E-state index in [1.165, 1.54) is 16.3 Å². The summed E-state index contributed by atoms with van der Waals surface area (Å²) in [5.41, 5.74) is 6.70. The van der Waals surface area contributed by atoms with Gasteiger partial charge in [0, 0.05) is 14.2 Å². The molecule has 0 atom stereocenters. The van der Waals surface area contributed by atoms with E-state index in [4.69, 9.17) is 17.3 Å². The molecule has 9 heteroatoms. The van der Waals surface area contributed by atoms with E-state index in [2.05, 4.69) is 42.6 Å². The summed E-state index contributed by atoms with van der Waals surface area (Å²) in [5.74, 6) is 1.21. The first kappa shape index (κ1) is 13.8. The van der Waals surface area contributed by atoms with E-state index < -0.39 is 0 Å². The van der Waals surface area contributed by atoms with Crippen LogP contribution in [-0.4, -0.2) is 30.8 Å². The Labute approximate surface area is 137 Å². The van der Waals surface area contributed by atoms with Crippen LogP contribution in [0.3, 0.4) is 0 Å². The van der Waals surface area contributed by atoms with Crippen molar-refractivity contribution in [2.75, 3.05) is 12.0 Å². The topological polar surface area (TPSA) is 82.0 Å². The second-order valence-corrected chi connectivity index (χ2v) is 6.21. The number of nitrogen functional groups attached to an aromatic ring is 1. The van der Waals surface area contributed by atoms with Crippen molar-refractivity contribution in [3.8, 4) is 11.4 Å². The number of aromatic nitrogens is 5. The molecule has 2 aromatic heterocycles. The van der Waals surface area contributed by atoms with Crippen molar-refractivity contribution in [2.24, 2.45) is 0 Å². The summed E-state index contributed by atoms with van der Waals surface area (Å²) in [7, 11) is 0. The zero-order valence-electron chi connectivity index (χ0n) is 10.2. The third kappa shape index (κ3) is 2.42. The van der Waals surface area contributed by atoms with E-state index in [0.717, 1.165) is 9.13 Å². The van der Waals surface area contributed by atoms with Crippen molar-refractivity contribution in [1.82, 2.24) is 24.6 Å². The molecule has 0 aliphatic rings. The normalized spacial score (nSPS) is 11.2. The molecule has 20 heavy (non-hydrogen) atoms. The van der Waals surface area contributed by atoms with Crippen LogP contribution in [0.2, 0.25) is 5.02 Å².